The lowest BCUT2D eigenvalue weighted by atomic mass is 9.76. The van der Waals surface area contributed by atoms with Gasteiger partial charge in [0.05, 0.1) is 9.89 Å². The van der Waals surface area contributed by atoms with Crippen LogP contribution < -0.4 is 5.32 Å². The van der Waals surface area contributed by atoms with Gasteiger partial charge in [-0.25, -0.2) is 4.39 Å². The van der Waals surface area contributed by atoms with Crippen molar-refractivity contribution in [1.29, 1.82) is 0 Å². The number of carbonyl (C=O) groups is 2. The number of carbonyl (C=O) groups excluding carboxylic acids is 1. The molecule has 0 aliphatic carbocycles. The number of anilines is 1. The van der Waals surface area contributed by atoms with Crippen molar-refractivity contribution in [3.63, 3.8) is 0 Å². The highest BCUT2D eigenvalue weighted by molar-refractivity contribution is 9.10. The number of halogens is 2. The molecule has 1 unspecified atom stereocenters. The minimum atomic E-state index is -1.14. The van der Waals surface area contributed by atoms with E-state index in [1.165, 1.54) is 12.1 Å². The van der Waals surface area contributed by atoms with Crippen LogP contribution in [0.25, 0.3) is 0 Å². The summed E-state index contributed by atoms with van der Waals surface area (Å²) in [5.74, 6) is -2.02. The standard InChI is InChI=1S/C15H19BrFNO3/c1-8(2)15(4,14(20)21)7-13(19)18-12-6-10(16)11(17)5-9(12)3/h5-6,8H,7H2,1-4H3,(H,18,19)(H,20,21). The van der Waals surface area contributed by atoms with Crippen LogP contribution in [0.3, 0.4) is 0 Å². The number of aliphatic carboxylic acids is 1. The molecule has 0 aromatic heterocycles. The first-order valence-corrected chi connectivity index (χ1v) is 7.36. The highest BCUT2D eigenvalue weighted by Crippen LogP contribution is 2.32. The zero-order valence-electron chi connectivity index (χ0n) is 12.5. The normalized spacial score (nSPS) is 13.9. The maximum Gasteiger partial charge on any atom is 0.310 e. The van der Waals surface area contributed by atoms with E-state index in [0.29, 0.717) is 11.3 Å². The Morgan fingerprint density at radius 2 is 2.00 bits per heavy atom. The van der Waals surface area contributed by atoms with Crippen LogP contribution in [-0.4, -0.2) is 17.0 Å². The summed E-state index contributed by atoms with van der Waals surface area (Å²) in [7, 11) is 0. The van der Waals surface area contributed by atoms with Crippen molar-refractivity contribution in [2.24, 2.45) is 11.3 Å². The molecule has 0 radical (unpaired) electrons. The van der Waals surface area contributed by atoms with E-state index in [1.807, 2.05) is 0 Å². The molecule has 1 atom stereocenters. The van der Waals surface area contributed by atoms with E-state index >= 15 is 0 Å². The Morgan fingerprint density at radius 1 is 1.43 bits per heavy atom. The third-order valence-corrected chi connectivity index (χ3v) is 4.44. The van der Waals surface area contributed by atoms with Gasteiger partial charge in [0, 0.05) is 12.1 Å². The second kappa shape index (κ2) is 6.56. The quantitative estimate of drug-likeness (QED) is 0.835. The third kappa shape index (κ3) is 4.03. The monoisotopic (exact) mass is 359 g/mol. The molecule has 0 aliphatic heterocycles. The van der Waals surface area contributed by atoms with Gasteiger partial charge in [-0.3, -0.25) is 9.59 Å². The Balaban J connectivity index is 2.92. The van der Waals surface area contributed by atoms with E-state index in [2.05, 4.69) is 21.2 Å². The predicted molar refractivity (Wildman–Crippen MR) is 82.7 cm³/mol. The molecule has 6 heteroatoms. The molecule has 0 heterocycles. The largest absolute Gasteiger partial charge is 0.481 e. The minimum absolute atomic E-state index is 0.144. The number of amides is 1. The average Bonchev–Trinajstić information content (AvgIpc) is 2.35. The second-order valence-electron chi connectivity index (χ2n) is 5.68. The molecule has 0 bridgehead atoms. The Bertz CT molecular complexity index is 574. The molecular formula is C15H19BrFNO3. The Kier molecular flexibility index (Phi) is 5.50. The molecule has 21 heavy (non-hydrogen) atoms. The summed E-state index contributed by atoms with van der Waals surface area (Å²) in [4.78, 5) is 23.5. The van der Waals surface area contributed by atoms with Crippen molar-refractivity contribution >= 4 is 33.5 Å². The molecule has 1 aromatic rings. The lowest BCUT2D eigenvalue weighted by molar-refractivity contribution is -0.153. The molecule has 1 rings (SSSR count). The highest BCUT2D eigenvalue weighted by Gasteiger charge is 2.38. The van der Waals surface area contributed by atoms with E-state index in [0.717, 1.165) is 0 Å². The minimum Gasteiger partial charge on any atom is -0.481 e. The van der Waals surface area contributed by atoms with Gasteiger partial charge in [-0.15, -0.1) is 0 Å². The van der Waals surface area contributed by atoms with Gasteiger partial charge in [0.2, 0.25) is 5.91 Å². The van der Waals surface area contributed by atoms with Crippen molar-refractivity contribution in [1.82, 2.24) is 0 Å². The number of rotatable bonds is 5. The molecule has 2 N–H and O–H groups in total. The van der Waals surface area contributed by atoms with Crippen LogP contribution in [0.15, 0.2) is 16.6 Å². The van der Waals surface area contributed by atoms with Gasteiger partial charge in [-0.1, -0.05) is 13.8 Å². The van der Waals surface area contributed by atoms with Crippen LogP contribution >= 0.6 is 15.9 Å². The molecule has 0 fully saturated rings. The smallest absolute Gasteiger partial charge is 0.310 e. The summed E-state index contributed by atoms with van der Waals surface area (Å²) in [6, 6.07) is 2.77. The van der Waals surface area contributed by atoms with Gasteiger partial charge in [0.15, 0.2) is 0 Å². The number of hydrogen-bond acceptors (Lipinski definition) is 2. The first-order valence-electron chi connectivity index (χ1n) is 6.57. The van der Waals surface area contributed by atoms with Crippen molar-refractivity contribution in [2.75, 3.05) is 5.32 Å². The fourth-order valence-corrected chi connectivity index (χ4v) is 2.18. The van der Waals surface area contributed by atoms with E-state index in [-0.39, 0.29) is 16.8 Å². The maximum absolute atomic E-state index is 13.3. The lowest BCUT2D eigenvalue weighted by Gasteiger charge is -2.28. The van der Waals surface area contributed by atoms with Crippen LogP contribution in [0.2, 0.25) is 0 Å². The molecule has 4 nitrogen and oxygen atoms in total. The van der Waals surface area contributed by atoms with Crippen LogP contribution in [0.1, 0.15) is 32.8 Å². The summed E-state index contributed by atoms with van der Waals surface area (Å²) in [5, 5.41) is 12.0. The van der Waals surface area contributed by atoms with Gasteiger partial charge in [-0.2, -0.15) is 0 Å². The van der Waals surface area contributed by atoms with Crippen LogP contribution in [0, 0.1) is 24.1 Å². The van der Waals surface area contributed by atoms with Crippen LogP contribution in [0.4, 0.5) is 10.1 Å². The fraction of sp³-hybridized carbons (Fsp3) is 0.467. The summed E-state index contributed by atoms with van der Waals surface area (Å²) in [5.41, 5.74) is -0.106. The number of hydrogen-bond donors (Lipinski definition) is 2. The first-order chi connectivity index (χ1) is 9.57. The Labute approximate surface area is 131 Å². The number of aryl methyl sites for hydroxylation is 1. The molecule has 1 aromatic carbocycles. The summed E-state index contributed by atoms with van der Waals surface area (Å²) >= 11 is 3.06. The van der Waals surface area contributed by atoms with Gasteiger partial charge in [-0.05, 0) is 53.4 Å². The van der Waals surface area contributed by atoms with Gasteiger partial charge in [0.1, 0.15) is 5.82 Å². The van der Waals surface area contributed by atoms with Crippen molar-refractivity contribution in [3.8, 4) is 0 Å². The van der Waals surface area contributed by atoms with E-state index in [4.69, 9.17) is 0 Å². The average molecular weight is 360 g/mol. The lowest BCUT2D eigenvalue weighted by Crippen LogP contribution is -2.37. The zero-order chi connectivity index (χ0) is 16.4. The third-order valence-electron chi connectivity index (χ3n) is 3.83. The summed E-state index contributed by atoms with van der Waals surface area (Å²) < 4.78 is 13.6. The van der Waals surface area contributed by atoms with E-state index < -0.39 is 23.1 Å². The van der Waals surface area contributed by atoms with Gasteiger partial charge < -0.3 is 10.4 Å². The van der Waals surface area contributed by atoms with Crippen molar-refractivity contribution in [3.05, 3.63) is 28.0 Å². The summed E-state index contributed by atoms with van der Waals surface area (Å²) in [6.45, 7) is 6.75. The number of nitrogens with one attached hydrogen (secondary N) is 1. The molecule has 0 aliphatic rings. The highest BCUT2D eigenvalue weighted by atomic mass is 79.9. The molecule has 116 valence electrons. The Morgan fingerprint density at radius 3 is 2.48 bits per heavy atom. The number of carboxylic acids is 1. The molecule has 0 saturated heterocycles. The SMILES string of the molecule is Cc1cc(F)c(Br)cc1NC(=O)CC(C)(C(=O)O)C(C)C. The second-order valence-corrected chi connectivity index (χ2v) is 6.54. The summed E-state index contributed by atoms with van der Waals surface area (Å²) in [6.07, 6.45) is -0.144. The van der Waals surface area contributed by atoms with Crippen LogP contribution in [0.5, 0.6) is 0 Å². The zero-order valence-corrected chi connectivity index (χ0v) is 14.0. The number of benzene rings is 1. The molecule has 1 amide bonds. The Hall–Kier alpha value is -1.43. The maximum atomic E-state index is 13.3. The van der Waals surface area contributed by atoms with E-state index in [1.54, 1.807) is 27.7 Å². The van der Waals surface area contributed by atoms with Gasteiger partial charge in [0.25, 0.3) is 0 Å². The van der Waals surface area contributed by atoms with Gasteiger partial charge >= 0.3 is 5.97 Å². The fourth-order valence-electron chi connectivity index (χ4n) is 1.84. The first kappa shape index (κ1) is 17.6. The van der Waals surface area contributed by atoms with Crippen molar-refractivity contribution in [2.45, 2.75) is 34.1 Å². The van der Waals surface area contributed by atoms with Crippen LogP contribution in [-0.2, 0) is 9.59 Å². The molecular weight excluding hydrogens is 341 g/mol. The number of carboxylic acid groups (broad SMARTS) is 1. The van der Waals surface area contributed by atoms with Crippen molar-refractivity contribution < 1.29 is 19.1 Å². The van der Waals surface area contributed by atoms with E-state index in [9.17, 15) is 19.1 Å². The molecule has 0 spiro atoms. The predicted octanol–water partition coefficient (Wildman–Crippen LogP) is 3.97. The topological polar surface area (TPSA) is 66.4 Å². The molecule has 0 saturated carbocycles.